The van der Waals surface area contributed by atoms with Gasteiger partial charge in [0.05, 0.1) is 6.61 Å². The zero-order chi connectivity index (χ0) is 11.4. The molecule has 1 atom stereocenters. The van der Waals surface area contributed by atoms with E-state index < -0.39 is 0 Å². The van der Waals surface area contributed by atoms with Gasteiger partial charge in [-0.15, -0.1) is 0 Å². The number of thioether (sulfide) groups is 1. The van der Waals surface area contributed by atoms with Gasteiger partial charge in [-0.3, -0.25) is 0 Å². The van der Waals surface area contributed by atoms with Crippen LogP contribution in [0.3, 0.4) is 0 Å². The highest BCUT2D eigenvalue weighted by molar-refractivity contribution is 7.99. The van der Waals surface area contributed by atoms with Crippen LogP contribution in [0.2, 0.25) is 0 Å². The molecule has 0 aliphatic heterocycles. The molecule has 84 valence electrons. The van der Waals surface area contributed by atoms with Gasteiger partial charge in [0, 0.05) is 11.0 Å². The largest absolute Gasteiger partial charge is 0.396 e. The summed E-state index contributed by atoms with van der Waals surface area (Å²) in [7, 11) is 0. The fourth-order valence-corrected chi connectivity index (χ4v) is 2.58. The van der Waals surface area contributed by atoms with E-state index in [4.69, 9.17) is 5.11 Å². The maximum Gasteiger partial charge on any atom is 0.0521 e. The minimum atomic E-state index is 0.253. The lowest BCUT2D eigenvalue weighted by Crippen LogP contribution is -1.93. The molecular weight excluding hydrogens is 216 g/mol. The van der Waals surface area contributed by atoms with Crippen LogP contribution in [-0.2, 0) is 0 Å². The van der Waals surface area contributed by atoms with Crippen molar-refractivity contribution in [3.8, 4) is 0 Å². The second-order valence-corrected chi connectivity index (χ2v) is 5.29. The molecule has 0 fully saturated rings. The van der Waals surface area contributed by atoms with Gasteiger partial charge in [-0.2, -0.15) is 11.8 Å². The summed E-state index contributed by atoms with van der Waals surface area (Å²) in [5.41, 5.74) is 1.33. The van der Waals surface area contributed by atoms with Gasteiger partial charge in [0.15, 0.2) is 0 Å². The monoisotopic (exact) mass is 232 g/mol. The molecule has 1 nitrogen and oxygen atoms in total. The maximum atomic E-state index is 8.81. The zero-order valence-corrected chi connectivity index (χ0v) is 10.2. The Balaban J connectivity index is 2.25. The van der Waals surface area contributed by atoms with Crippen molar-refractivity contribution in [3.05, 3.63) is 48.0 Å². The minimum absolute atomic E-state index is 0.253. The predicted octanol–water partition coefficient (Wildman–Crippen LogP) is 3.63. The first-order chi connectivity index (χ1) is 7.81. The molecular formula is C14H16OS. The Kier molecular flexibility index (Phi) is 3.86. The summed E-state index contributed by atoms with van der Waals surface area (Å²) in [5.74, 6) is 0.800. The third kappa shape index (κ3) is 2.57. The Labute approximate surface area is 100 Å². The van der Waals surface area contributed by atoms with Crippen LogP contribution >= 0.6 is 11.8 Å². The summed E-state index contributed by atoms with van der Waals surface area (Å²) in [6.07, 6.45) is 0. The summed E-state index contributed by atoms with van der Waals surface area (Å²) in [4.78, 5) is 0. The normalized spacial score (nSPS) is 12.9. The number of benzene rings is 2. The first-order valence-corrected chi connectivity index (χ1v) is 6.57. The lowest BCUT2D eigenvalue weighted by atomic mass is 10.1. The first-order valence-electron chi connectivity index (χ1n) is 5.52. The van der Waals surface area contributed by atoms with Crippen LogP contribution in [0.15, 0.2) is 42.5 Å². The van der Waals surface area contributed by atoms with E-state index in [1.165, 1.54) is 16.3 Å². The molecule has 0 radical (unpaired) electrons. The van der Waals surface area contributed by atoms with Gasteiger partial charge in [-0.1, -0.05) is 42.5 Å². The second-order valence-electron chi connectivity index (χ2n) is 3.84. The Hall–Kier alpha value is -0.990. The molecule has 0 saturated heterocycles. The Bertz CT molecular complexity index is 467. The first kappa shape index (κ1) is 11.5. The summed E-state index contributed by atoms with van der Waals surface area (Å²) in [5, 5.41) is 11.8. The van der Waals surface area contributed by atoms with Gasteiger partial charge in [0.1, 0.15) is 0 Å². The molecule has 0 saturated carbocycles. The number of hydrogen-bond acceptors (Lipinski definition) is 2. The number of aliphatic hydroxyl groups is 1. The molecule has 2 aromatic rings. The van der Waals surface area contributed by atoms with Crippen LogP contribution in [-0.4, -0.2) is 17.5 Å². The molecule has 16 heavy (non-hydrogen) atoms. The van der Waals surface area contributed by atoms with Crippen molar-refractivity contribution < 1.29 is 5.11 Å². The van der Waals surface area contributed by atoms with Crippen LogP contribution in [0, 0.1) is 0 Å². The molecule has 0 aliphatic rings. The second kappa shape index (κ2) is 5.37. The number of fused-ring (bicyclic) bond motifs is 1. The van der Waals surface area contributed by atoms with E-state index in [1.54, 1.807) is 11.8 Å². The Morgan fingerprint density at radius 3 is 2.62 bits per heavy atom. The third-order valence-corrected chi connectivity index (χ3v) is 3.89. The molecule has 0 spiro atoms. The van der Waals surface area contributed by atoms with Crippen molar-refractivity contribution in [3.63, 3.8) is 0 Å². The van der Waals surface area contributed by atoms with Crippen LogP contribution in [0.5, 0.6) is 0 Å². The molecule has 0 bridgehead atoms. The van der Waals surface area contributed by atoms with E-state index in [2.05, 4.69) is 49.4 Å². The number of rotatable bonds is 4. The number of hydrogen-bond donors (Lipinski definition) is 1. The SMILES string of the molecule is CC(SCCO)c1ccc2ccccc2c1. The number of aliphatic hydroxyl groups excluding tert-OH is 1. The highest BCUT2D eigenvalue weighted by Crippen LogP contribution is 2.29. The van der Waals surface area contributed by atoms with Gasteiger partial charge >= 0.3 is 0 Å². The maximum absolute atomic E-state index is 8.81. The van der Waals surface area contributed by atoms with E-state index in [9.17, 15) is 0 Å². The minimum Gasteiger partial charge on any atom is -0.396 e. The van der Waals surface area contributed by atoms with E-state index >= 15 is 0 Å². The molecule has 0 heterocycles. The molecule has 2 aromatic carbocycles. The topological polar surface area (TPSA) is 20.2 Å². The van der Waals surface area contributed by atoms with Crippen molar-refractivity contribution in [2.24, 2.45) is 0 Å². The average Bonchev–Trinajstić information content (AvgIpc) is 2.35. The highest BCUT2D eigenvalue weighted by Gasteiger charge is 2.05. The van der Waals surface area contributed by atoms with Gasteiger partial charge < -0.3 is 5.11 Å². The van der Waals surface area contributed by atoms with Crippen LogP contribution in [0.1, 0.15) is 17.7 Å². The lowest BCUT2D eigenvalue weighted by Gasteiger charge is -2.11. The quantitative estimate of drug-likeness (QED) is 0.868. The van der Waals surface area contributed by atoms with Gasteiger partial charge in [0.25, 0.3) is 0 Å². The van der Waals surface area contributed by atoms with Crippen LogP contribution in [0.25, 0.3) is 10.8 Å². The highest BCUT2D eigenvalue weighted by atomic mass is 32.2. The van der Waals surface area contributed by atoms with E-state index in [-0.39, 0.29) is 6.61 Å². The predicted molar refractivity (Wildman–Crippen MR) is 71.9 cm³/mol. The van der Waals surface area contributed by atoms with Crippen molar-refractivity contribution >= 4 is 22.5 Å². The van der Waals surface area contributed by atoms with E-state index in [0.717, 1.165) is 5.75 Å². The molecule has 0 amide bonds. The van der Waals surface area contributed by atoms with Crippen LogP contribution < -0.4 is 0 Å². The fourth-order valence-electron chi connectivity index (χ4n) is 1.79. The summed E-state index contributed by atoms with van der Waals surface area (Å²) in [6.45, 7) is 2.44. The van der Waals surface area contributed by atoms with E-state index in [0.29, 0.717) is 5.25 Å². The fraction of sp³-hybridized carbons (Fsp3) is 0.286. The smallest absolute Gasteiger partial charge is 0.0521 e. The molecule has 0 aromatic heterocycles. The van der Waals surface area contributed by atoms with E-state index in [1.807, 2.05) is 0 Å². The zero-order valence-electron chi connectivity index (χ0n) is 9.39. The molecule has 1 N–H and O–H groups in total. The Morgan fingerprint density at radius 2 is 1.88 bits per heavy atom. The molecule has 1 unspecified atom stereocenters. The summed E-state index contributed by atoms with van der Waals surface area (Å²) >= 11 is 1.79. The lowest BCUT2D eigenvalue weighted by molar-refractivity contribution is 0.322. The van der Waals surface area contributed by atoms with Gasteiger partial charge in [-0.05, 0) is 23.3 Å². The molecule has 2 rings (SSSR count). The summed E-state index contributed by atoms with van der Waals surface area (Å²) < 4.78 is 0. The van der Waals surface area contributed by atoms with Crippen LogP contribution in [0.4, 0.5) is 0 Å². The van der Waals surface area contributed by atoms with Gasteiger partial charge in [0.2, 0.25) is 0 Å². The average molecular weight is 232 g/mol. The third-order valence-electron chi connectivity index (χ3n) is 2.70. The summed E-state index contributed by atoms with van der Waals surface area (Å²) in [6, 6.07) is 15.0. The standard InChI is InChI=1S/C14H16OS/c1-11(16-9-8-15)13-7-6-12-4-2-3-5-14(12)10-13/h2-7,10-11,15H,8-9H2,1H3. The van der Waals surface area contributed by atoms with Crippen molar-refractivity contribution in [1.82, 2.24) is 0 Å². The molecule has 0 aliphatic carbocycles. The Morgan fingerprint density at radius 1 is 1.12 bits per heavy atom. The van der Waals surface area contributed by atoms with Crippen molar-refractivity contribution in [2.75, 3.05) is 12.4 Å². The van der Waals surface area contributed by atoms with Gasteiger partial charge in [-0.25, -0.2) is 0 Å². The molecule has 2 heteroatoms. The van der Waals surface area contributed by atoms with Crippen molar-refractivity contribution in [2.45, 2.75) is 12.2 Å². The van der Waals surface area contributed by atoms with Crippen molar-refractivity contribution in [1.29, 1.82) is 0 Å².